The maximum atomic E-state index is 12.1. The average Bonchev–Trinajstić information content (AvgIpc) is 2.38. The number of ether oxygens (including phenoxy) is 2. The van der Waals surface area contributed by atoms with E-state index in [-0.39, 0.29) is 24.7 Å². The molecule has 0 radical (unpaired) electrons. The van der Waals surface area contributed by atoms with Gasteiger partial charge in [-0.3, -0.25) is 4.79 Å². The smallest absolute Gasteiger partial charge is 0.260 e. The van der Waals surface area contributed by atoms with Gasteiger partial charge in [0, 0.05) is 24.2 Å². The summed E-state index contributed by atoms with van der Waals surface area (Å²) in [7, 11) is 0. The van der Waals surface area contributed by atoms with Crippen molar-refractivity contribution in [2.45, 2.75) is 26.1 Å². The number of rotatable bonds is 3. The summed E-state index contributed by atoms with van der Waals surface area (Å²) in [6.45, 7) is 5.00. The van der Waals surface area contributed by atoms with Gasteiger partial charge in [0.05, 0.1) is 17.2 Å². The molecule has 6 heteroatoms. The lowest BCUT2D eigenvalue weighted by molar-refractivity contribution is -0.145. The Bertz CT molecular complexity index is 485. The zero-order valence-electron chi connectivity index (χ0n) is 11.4. The molecule has 0 N–H and O–H groups in total. The van der Waals surface area contributed by atoms with Crippen molar-refractivity contribution in [3.8, 4) is 5.75 Å². The maximum absolute atomic E-state index is 12.1. The van der Waals surface area contributed by atoms with Crippen LogP contribution in [0.5, 0.6) is 5.75 Å². The number of morpholine rings is 1. The molecule has 4 nitrogen and oxygen atoms in total. The Morgan fingerprint density at radius 1 is 1.35 bits per heavy atom. The van der Waals surface area contributed by atoms with Gasteiger partial charge in [-0.1, -0.05) is 23.2 Å². The van der Waals surface area contributed by atoms with Crippen LogP contribution in [0, 0.1) is 0 Å². The quantitative estimate of drug-likeness (QED) is 0.860. The molecule has 1 aliphatic rings. The number of halogens is 2. The molecule has 0 aliphatic carbocycles. The normalized spacial score (nSPS) is 22.7. The SMILES string of the molecule is C[C@@H]1CN(C(=O)COc2cc(Cl)ccc2Cl)C[C@H](C)O1. The van der Waals surface area contributed by atoms with Crippen LogP contribution in [0.1, 0.15) is 13.8 Å². The molecule has 0 bridgehead atoms. The van der Waals surface area contributed by atoms with Crippen molar-refractivity contribution in [1.29, 1.82) is 0 Å². The molecular formula is C14H17Cl2NO3. The first-order chi connectivity index (χ1) is 9.45. The molecule has 1 heterocycles. The van der Waals surface area contributed by atoms with E-state index in [1.807, 2.05) is 13.8 Å². The number of amides is 1. The number of carbonyl (C=O) groups is 1. The summed E-state index contributed by atoms with van der Waals surface area (Å²) in [4.78, 5) is 13.9. The van der Waals surface area contributed by atoms with E-state index in [0.717, 1.165) is 0 Å². The minimum atomic E-state index is -0.0805. The maximum Gasteiger partial charge on any atom is 0.260 e. The number of benzene rings is 1. The lowest BCUT2D eigenvalue weighted by Crippen LogP contribution is -2.49. The van der Waals surface area contributed by atoms with E-state index >= 15 is 0 Å². The standard InChI is InChI=1S/C14H17Cl2NO3/c1-9-6-17(7-10(2)20-9)14(18)8-19-13-5-11(15)3-4-12(13)16/h3-5,9-10H,6-8H2,1-2H3/t9-,10+. The molecular weight excluding hydrogens is 301 g/mol. The fourth-order valence-corrected chi connectivity index (χ4v) is 2.53. The van der Waals surface area contributed by atoms with Gasteiger partial charge in [0.15, 0.2) is 6.61 Å². The third-order valence-electron chi connectivity index (χ3n) is 3.02. The molecule has 2 atom stereocenters. The Hall–Kier alpha value is -0.970. The number of hydrogen-bond donors (Lipinski definition) is 0. The second-order valence-corrected chi connectivity index (χ2v) is 5.76. The van der Waals surface area contributed by atoms with Crippen LogP contribution in [-0.2, 0) is 9.53 Å². The number of nitrogens with zero attached hydrogens (tertiary/aromatic N) is 1. The molecule has 1 saturated heterocycles. The van der Waals surface area contributed by atoms with Crippen LogP contribution in [0.4, 0.5) is 0 Å². The molecule has 1 amide bonds. The zero-order chi connectivity index (χ0) is 14.7. The largest absolute Gasteiger partial charge is 0.482 e. The first kappa shape index (κ1) is 15.4. The Morgan fingerprint density at radius 2 is 2.00 bits per heavy atom. The molecule has 110 valence electrons. The van der Waals surface area contributed by atoms with Gasteiger partial charge >= 0.3 is 0 Å². The van der Waals surface area contributed by atoms with Crippen molar-refractivity contribution < 1.29 is 14.3 Å². The van der Waals surface area contributed by atoms with Crippen molar-refractivity contribution in [3.63, 3.8) is 0 Å². The van der Waals surface area contributed by atoms with Gasteiger partial charge in [-0.05, 0) is 26.0 Å². The monoisotopic (exact) mass is 317 g/mol. The van der Waals surface area contributed by atoms with Gasteiger partial charge in [0.25, 0.3) is 5.91 Å². The summed E-state index contributed by atoms with van der Waals surface area (Å²) < 4.78 is 11.0. The highest BCUT2D eigenvalue weighted by Gasteiger charge is 2.26. The zero-order valence-corrected chi connectivity index (χ0v) is 12.9. The molecule has 1 aliphatic heterocycles. The van der Waals surface area contributed by atoms with Gasteiger partial charge < -0.3 is 14.4 Å². The fourth-order valence-electron chi connectivity index (χ4n) is 2.20. The predicted molar refractivity (Wildman–Crippen MR) is 78.5 cm³/mol. The Balaban J connectivity index is 1.93. The van der Waals surface area contributed by atoms with Crippen molar-refractivity contribution in [1.82, 2.24) is 4.90 Å². The Labute approximate surface area is 128 Å². The first-order valence-corrected chi connectivity index (χ1v) is 7.22. The predicted octanol–water partition coefficient (Wildman–Crippen LogP) is 3.01. The molecule has 0 unspecified atom stereocenters. The molecule has 0 aromatic heterocycles. The summed E-state index contributed by atoms with van der Waals surface area (Å²) in [6, 6.07) is 4.91. The summed E-state index contributed by atoms with van der Waals surface area (Å²) in [6.07, 6.45) is 0.0786. The second-order valence-electron chi connectivity index (χ2n) is 4.92. The fraction of sp³-hybridized carbons (Fsp3) is 0.500. The van der Waals surface area contributed by atoms with E-state index < -0.39 is 0 Å². The molecule has 1 aromatic rings. The van der Waals surface area contributed by atoms with Crippen LogP contribution in [0.3, 0.4) is 0 Å². The average molecular weight is 318 g/mol. The summed E-state index contributed by atoms with van der Waals surface area (Å²) in [5, 5.41) is 0.955. The third-order valence-corrected chi connectivity index (χ3v) is 3.56. The van der Waals surface area contributed by atoms with Crippen LogP contribution in [0.2, 0.25) is 10.0 Å². The molecule has 1 aromatic carbocycles. The Morgan fingerprint density at radius 3 is 2.65 bits per heavy atom. The molecule has 20 heavy (non-hydrogen) atoms. The van der Waals surface area contributed by atoms with Crippen molar-refractivity contribution >= 4 is 29.1 Å². The van der Waals surface area contributed by atoms with Gasteiger partial charge in [0.1, 0.15) is 5.75 Å². The molecule has 0 spiro atoms. The van der Waals surface area contributed by atoms with Crippen LogP contribution >= 0.6 is 23.2 Å². The lowest BCUT2D eigenvalue weighted by atomic mass is 10.2. The summed E-state index contributed by atoms with van der Waals surface area (Å²) >= 11 is 11.9. The van der Waals surface area contributed by atoms with Crippen molar-refractivity contribution in [2.24, 2.45) is 0 Å². The number of carbonyl (C=O) groups excluding carboxylic acids is 1. The minimum absolute atomic E-state index is 0.0393. The van der Waals surface area contributed by atoms with Gasteiger partial charge in [0.2, 0.25) is 0 Å². The highest BCUT2D eigenvalue weighted by molar-refractivity contribution is 6.34. The molecule has 2 rings (SSSR count). The van der Waals surface area contributed by atoms with Gasteiger partial charge in [-0.25, -0.2) is 0 Å². The summed E-state index contributed by atoms with van der Waals surface area (Å²) in [5.41, 5.74) is 0. The van der Waals surface area contributed by atoms with Crippen molar-refractivity contribution in [3.05, 3.63) is 28.2 Å². The van der Waals surface area contributed by atoms with E-state index in [0.29, 0.717) is 28.9 Å². The Kier molecular flexibility index (Phi) is 5.13. The van der Waals surface area contributed by atoms with E-state index in [9.17, 15) is 4.79 Å². The van der Waals surface area contributed by atoms with Crippen LogP contribution in [0.15, 0.2) is 18.2 Å². The molecule has 0 saturated carbocycles. The first-order valence-electron chi connectivity index (χ1n) is 6.47. The van der Waals surface area contributed by atoms with E-state index in [2.05, 4.69) is 0 Å². The highest BCUT2D eigenvalue weighted by Crippen LogP contribution is 2.27. The molecule has 1 fully saturated rings. The van der Waals surface area contributed by atoms with Crippen LogP contribution in [0.25, 0.3) is 0 Å². The van der Waals surface area contributed by atoms with Gasteiger partial charge in [-0.2, -0.15) is 0 Å². The van der Waals surface area contributed by atoms with E-state index in [1.165, 1.54) is 0 Å². The van der Waals surface area contributed by atoms with Crippen LogP contribution < -0.4 is 4.74 Å². The van der Waals surface area contributed by atoms with E-state index in [4.69, 9.17) is 32.7 Å². The minimum Gasteiger partial charge on any atom is -0.482 e. The topological polar surface area (TPSA) is 38.8 Å². The lowest BCUT2D eigenvalue weighted by Gasteiger charge is -2.35. The second kappa shape index (κ2) is 6.66. The highest BCUT2D eigenvalue weighted by atomic mass is 35.5. The van der Waals surface area contributed by atoms with E-state index in [1.54, 1.807) is 23.1 Å². The van der Waals surface area contributed by atoms with Crippen molar-refractivity contribution in [2.75, 3.05) is 19.7 Å². The summed E-state index contributed by atoms with van der Waals surface area (Å²) in [5.74, 6) is 0.338. The van der Waals surface area contributed by atoms with Gasteiger partial charge in [-0.15, -0.1) is 0 Å². The number of hydrogen-bond acceptors (Lipinski definition) is 3. The third kappa shape index (κ3) is 4.01. The van der Waals surface area contributed by atoms with Crippen LogP contribution in [-0.4, -0.2) is 42.7 Å².